The molecule has 4 heteroatoms. The Morgan fingerprint density at radius 3 is 2.56 bits per heavy atom. The average Bonchev–Trinajstić information content (AvgIpc) is 2.66. The van der Waals surface area contributed by atoms with Gasteiger partial charge in [0.05, 0.1) is 5.71 Å². The van der Waals surface area contributed by atoms with E-state index in [0.29, 0.717) is 6.42 Å². The van der Waals surface area contributed by atoms with Crippen LogP contribution in [0.2, 0.25) is 0 Å². The summed E-state index contributed by atoms with van der Waals surface area (Å²) in [4.78, 5) is 15.6. The van der Waals surface area contributed by atoms with Gasteiger partial charge in [0.2, 0.25) is 6.10 Å². The van der Waals surface area contributed by atoms with Gasteiger partial charge >= 0.3 is 5.97 Å². The third kappa shape index (κ3) is 1.78. The van der Waals surface area contributed by atoms with Crippen LogP contribution in [0, 0.1) is 13.8 Å². The van der Waals surface area contributed by atoms with Crippen molar-refractivity contribution in [1.29, 1.82) is 0 Å². The van der Waals surface area contributed by atoms with Crippen molar-refractivity contribution in [3.05, 3.63) is 34.9 Å². The lowest BCUT2D eigenvalue weighted by Gasteiger charge is -2.07. The lowest BCUT2D eigenvalue weighted by molar-refractivity contribution is -0.148. The van der Waals surface area contributed by atoms with Crippen LogP contribution in [-0.2, 0) is 9.63 Å². The normalized spacial score (nSPS) is 19.1. The summed E-state index contributed by atoms with van der Waals surface area (Å²) in [6.07, 6.45) is -0.505. The fourth-order valence-corrected chi connectivity index (χ4v) is 1.93. The molecule has 0 aliphatic carbocycles. The summed E-state index contributed by atoms with van der Waals surface area (Å²) in [5.41, 5.74) is 3.91. The van der Waals surface area contributed by atoms with Crippen LogP contribution in [0.25, 0.3) is 0 Å². The molecule has 0 saturated heterocycles. The van der Waals surface area contributed by atoms with Crippen LogP contribution in [0.1, 0.15) is 23.1 Å². The van der Waals surface area contributed by atoms with Gasteiger partial charge in [0.15, 0.2) is 0 Å². The highest BCUT2D eigenvalue weighted by Crippen LogP contribution is 2.22. The molecule has 84 valence electrons. The molecule has 16 heavy (non-hydrogen) atoms. The van der Waals surface area contributed by atoms with Gasteiger partial charge in [-0.05, 0) is 25.0 Å². The molecular weight excluding hydrogens is 206 g/mol. The van der Waals surface area contributed by atoms with Crippen molar-refractivity contribution in [3.8, 4) is 0 Å². The van der Waals surface area contributed by atoms with E-state index in [4.69, 9.17) is 9.94 Å². The van der Waals surface area contributed by atoms with Crippen LogP contribution in [0.3, 0.4) is 0 Å². The Morgan fingerprint density at radius 1 is 1.44 bits per heavy atom. The van der Waals surface area contributed by atoms with Crippen molar-refractivity contribution in [3.63, 3.8) is 0 Å². The lowest BCUT2D eigenvalue weighted by atomic mass is 9.96. The summed E-state index contributed by atoms with van der Waals surface area (Å²) >= 11 is 0. The Balaban J connectivity index is 2.31. The number of carboxylic acid groups (broad SMARTS) is 1. The Hall–Kier alpha value is -1.84. The molecule has 0 bridgehead atoms. The molecule has 1 N–H and O–H groups in total. The third-order valence-electron chi connectivity index (χ3n) is 2.71. The summed E-state index contributed by atoms with van der Waals surface area (Å²) in [7, 11) is 0. The standard InChI is InChI=1S/C12H13NO3/c1-7-4-3-5-8(2)11(7)9-6-10(12(14)15)16-13-9/h3-5,10H,6H2,1-2H3,(H,14,15). The van der Waals surface area contributed by atoms with Gasteiger partial charge in [-0.15, -0.1) is 0 Å². The molecular formula is C12H13NO3. The minimum atomic E-state index is -0.968. The molecule has 4 nitrogen and oxygen atoms in total. The summed E-state index contributed by atoms with van der Waals surface area (Å²) in [5, 5.41) is 12.7. The number of hydrogen-bond donors (Lipinski definition) is 1. The van der Waals surface area contributed by atoms with E-state index in [2.05, 4.69) is 5.16 Å². The maximum Gasteiger partial charge on any atom is 0.348 e. The predicted octanol–water partition coefficient (Wildman–Crippen LogP) is 1.88. The molecule has 0 radical (unpaired) electrons. The van der Waals surface area contributed by atoms with Crippen molar-refractivity contribution in [2.75, 3.05) is 0 Å². The van der Waals surface area contributed by atoms with Crippen molar-refractivity contribution in [2.45, 2.75) is 26.4 Å². The van der Waals surface area contributed by atoms with Gasteiger partial charge in [0, 0.05) is 12.0 Å². The number of rotatable bonds is 2. The number of hydrogen-bond acceptors (Lipinski definition) is 3. The number of aliphatic carboxylic acids is 1. The Bertz CT molecular complexity index is 445. The first-order chi connectivity index (χ1) is 7.59. The third-order valence-corrected chi connectivity index (χ3v) is 2.71. The van der Waals surface area contributed by atoms with Gasteiger partial charge in [-0.2, -0.15) is 0 Å². The highest BCUT2D eigenvalue weighted by molar-refractivity contribution is 6.05. The molecule has 0 fully saturated rings. The average molecular weight is 219 g/mol. The zero-order valence-electron chi connectivity index (χ0n) is 9.23. The summed E-state index contributed by atoms with van der Waals surface area (Å²) in [6.45, 7) is 3.97. The van der Waals surface area contributed by atoms with Crippen LogP contribution in [0.15, 0.2) is 23.4 Å². The van der Waals surface area contributed by atoms with Gasteiger partial charge in [-0.25, -0.2) is 4.79 Å². The van der Waals surface area contributed by atoms with Gasteiger partial charge in [0.1, 0.15) is 0 Å². The van der Waals surface area contributed by atoms with E-state index in [1.54, 1.807) is 0 Å². The first-order valence-corrected chi connectivity index (χ1v) is 5.11. The molecule has 0 saturated carbocycles. The monoisotopic (exact) mass is 219 g/mol. The number of nitrogens with zero attached hydrogens (tertiary/aromatic N) is 1. The highest BCUT2D eigenvalue weighted by Gasteiger charge is 2.29. The van der Waals surface area contributed by atoms with E-state index in [-0.39, 0.29) is 0 Å². The maximum atomic E-state index is 10.7. The fourth-order valence-electron chi connectivity index (χ4n) is 1.93. The summed E-state index contributed by atoms with van der Waals surface area (Å²) < 4.78 is 0. The first kappa shape index (κ1) is 10.7. The fraction of sp³-hybridized carbons (Fsp3) is 0.333. The van der Waals surface area contributed by atoms with Gasteiger partial charge in [-0.1, -0.05) is 23.4 Å². The lowest BCUT2D eigenvalue weighted by Crippen LogP contribution is -2.20. The molecule has 1 aliphatic heterocycles. The molecule has 0 aromatic heterocycles. The van der Waals surface area contributed by atoms with Gasteiger partial charge < -0.3 is 9.94 Å². The molecule has 1 heterocycles. The molecule has 1 atom stereocenters. The Morgan fingerprint density at radius 2 is 2.06 bits per heavy atom. The molecule has 1 unspecified atom stereocenters. The van der Waals surface area contributed by atoms with E-state index in [9.17, 15) is 4.79 Å². The smallest absolute Gasteiger partial charge is 0.348 e. The van der Waals surface area contributed by atoms with E-state index in [0.717, 1.165) is 22.4 Å². The van der Waals surface area contributed by atoms with Crippen LogP contribution in [-0.4, -0.2) is 22.9 Å². The van der Waals surface area contributed by atoms with E-state index in [1.807, 2.05) is 32.0 Å². The molecule has 1 aromatic carbocycles. The second kappa shape index (κ2) is 3.96. The zero-order valence-corrected chi connectivity index (χ0v) is 9.23. The largest absolute Gasteiger partial charge is 0.478 e. The number of aryl methyl sites for hydroxylation is 2. The van der Waals surface area contributed by atoms with E-state index >= 15 is 0 Å². The second-order valence-corrected chi connectivity index (χ2v) is 3.94. The Labute approximate surface area is 93.5 Å². The summed E-state index contributed by atoms with van der Waals surface area (Å²) in [6, 6.07) is 5.94. The number of oxime groups is 1. The van der Waals surface area contributed by atoms with Gasteiger partial charge in [-0.3, -0.25) is 0 Å². The SMILES string of the molecule is Cc1cccc(C)c1C1=NOC(C(=O)O)C1. The quantitative estimate of drug-likeness (QED) is 0.826. The molecule has 0 amide bonds. The van der Waals surface area contributed by atoms with Crippen LogP contribution >= 0.6 is 0 Å². The Kier molecular flexibility index (Phi) is 2.64. The zero-order chi connectivity index (χ0) is 11.7. The first-order valence-electron chi connectivity index (χ1n) is 5.11. The van der Waals surface area contributed by atoms with Crippen molar-refractivity contribution < 1.29 is 14.7 Å². The summed E-state index contributed by atoms with van der Waals surface area (Å²) in [5.74, 6) is -0.968. The van der Waals surface area contributed by atoms with Gasteiger partial charge in [0.25, 0.3) is 0 Å². The minimum absolute atomic E-state index is 0.334. The van der Waals surface area contributed by atoms with Crippen molar-refractivity contribution in [1.82, 2.24) is 0 Å². The van der Waals surface area contributed by atoms with Crippen LogP contribution < -0.4 is 0 Å². The van der Waals surface area contributed by atoms with Crippen molar-refractivity contribution in [2.24, 2.45) is 5.16 Å². The number of carboxylic acids is 1. The molecule has 1 aliphatic rings. The highest BCUT2D eigenvalue weighted by atomic mass is 16.7. The predicted molar refractivity (Wildman–Crippen MR) is 59.6 cm³/mol. The van der Waals surface area contributed by atoms with E-state index in [1.165, 1.54) is 0 Å². The number of carbonyl (C=O) groups is 1. The maximum absolute atomic E-state index is 10.7. The molecule has 1 aromatic rings. The second-order valence-electron chi connectivity index (χ2n) is 3.94. The van der Waals surface area contributed by atoms with E-state index < -0.39 is 12.1 Å². The van der Waals surface area contributed by atoms with Crippen molar-refractivity contribution >= 4 is 11.7 Å². The van der Waals surface area contributed by atoms with Crippen LogP contribution in [0.4, 0.5) is 0 Å². The topological polar surface area (TPSA) is 58.9 Å². The minimum Gasteiger partial charge on any atom is -0.478 e. The molecule has 0 spiro atoms. The molecule has 2 rings (SSSR count). The number of benzene rings is 1. The van der Waals surface area contributed by atoms with Crippen LogP contribution in [0.5, 0.6) is 0 Å².